The Labute approximate surface area is 66.5 Å². The van der Waals surface area contributed by atoms with E-state index in [1.807, 2.05) is 0 Å². The largest absolute Gasteiger partial charge is 0.388 e. The topological polar surface area (TPSA) is 82.0 Å². The summed E-state index contributed by atoms with van der Waals surface area (Å²) >= 11 is 0. The second-order valence-electron chi connectivity index (χ2n) is 2.53. The van der Waals surface area contributed by atoms with Crippen molar-refractivity contribution in [3.8, 4) is 0 Å². The maximum atomic E-state index is 12.8. The zero-order chi connectivity index (χ0) is 9.35. The molecule has 0 aliphatic carbocycles. The van der Waals surface area contributed by atoms with E-state index in [1.54, 1.807) is 0 Å². The second kappa shape index (κ2) is 3.19. The average Bonchev–Trinajstić information content (AvgIpc) is 2.01. The fraction of sp³-hybridized carbons (Fsp3) is 1.00. The zero-order valence-corrected chi connectivity index (χ0v) is 5.94. The molecule has 0 radical (unpaired) electrons. The highest BCUT2D eigenvalue weighted by atomic mass is 19.3. The highest BCUT2D eigenvalue weighted by Crippen LogP contribution is 2.30. The third-order valence-corrected chi connectivity index (χ3v) is 1.66. The van der Waals surface area contributed by atoms with Crippen LogP contribution < -0.4 is 5.48 Å². The van der Waals surface area contributed by atoms with Gasteiger partial charge in [-0.2, -0.15) is 14.3 Å². The summed E-state index contributed by atoms with van der Waals surface area (Å²) in [5.41, 5.74) is 1.20. The van der Waals surface area contributed by atoms with Gasteiger partial charge in [0.1, 0.15) is 12.2 Å². The smallest absolute Gasteiger partial charge is 0.316 e. The summed E-state index contributed by atoms with van der Waals surface area (Å²) in [5, 5.41) is 25.7. The molecule has 5 nitrogen and oxygen atoms in total. The van der Waals surface area contributed by atoms with E-state index in [4.69, 9.17) is 15.4 Å². The van der Waals surface area contributed by atoms with Crippen molar-refractivity contribution in [1.29, 1.82) is 0 Å². The molecule has 3 atom stereocenters. The van der Waals surface area contributed by atoms with Crippen molar-refractivity contribution in [2.24, 2.45) is 0 Å². The van der Waals surface area contributed by atoms with Crippen molar-refractivity contribution in [2.75, 3.05) is 6.61 Å². The minimum atomic E-state index is -3.70. The minimum Gasteiger partial charge on any atom is -0.388 e. The monoisotopic (exact) mass is 185 g/mol. The summed E-state index contributed by atoms with van der Waals surface area (Å²) in [6, 6.07) is 0. The normalized spacial score (nSPS) is 41.2. The Hall–Kier alpha value is -0.340. The standard InChI is InChI=1S/C5H9F2NO4/c6-5(7)3(10)2(9)1-12-4(5)8-11/h2-4,8-11H,1H2/t2-,3-,4?/m1/s1. The van der Waals surface area contributed by atoms with Gasteiger partial charge in [0.15, 0.2) is 6.23 Å². The molecule has 1 fully saturated rings. The van der Waals surface area contributed by atoms with Crippen LogP contribution >= 0.6 is 0 Å². The molecule has 1 saturated heterocycles. The van der Waals surface area contributed by atoms with Crippen molar-refractivity contribution in [2.45, 2.75) is 24.4 Å². The van der Waals surface area contributed by atoms with E-state index >= 15 is 0 Å². The molecule has 0 bridgehead atoms. The number of rotatable bonds is 1. The summed E-state index contributed by atoms with van der Waals surface area (Å²) in [6.45, 7) is -0.449. The van der Waals surface area contributed by atoms with Gasteiger partial charge in [-0.25, -0.2) is 0 Å². The van der Waals surface area contributed by atoms with Crippen LogP contribution in [0.4, 0.5) is 8.78 Å². The average molecular weight is 185 g/mol. The molecule has 7 heteroatoms. The fourth-order valence-electron chi connectivity index (χ4n) is 0.932. The summed E-state index contributed by atoms with van der Waals surface area (Å²) in [4.78, 5) is 0. The molecule has 0 amide bonds. The first-order valence-corrected chi connectivity index (χ1v) is 3.25. The molecule has 1 aliphatic heterocycles. The van der Waals surface area contributed by atoms with Crippen LogP contribution in [-0.4, -0.2) is 46.4 Å². The lowest BCUT2D eigenvalue weighted by molar-refractivity contribution is -0.288. The number of hydrogen-bond donors (Lipinski definition) is 4. The number of hydroxylamine groups is 1. The molecule has 0 aromatic rings. The number of hydrogen-bond acceptors (Lipinski definition) is 5. The summed E-state index contributed by atoms with van der Waals surface area (Å²) in [5.74, 6) is -3.70. The highest BCUT2D eigenvalue weighted by molar-refractivity contribution is 4.90. The van der Waals surface area contributed by atoms with Crippen LogP contribution in [0.15, 0.2) is 0 Å². The van der Waals surface area contributed by atoms with Gasteiger partial charge >= 0.3 is 5.92 Å². The number of halogens is 2. The lowest BCUT2D eigenvalue weighted by atomic mass is 10.0. The van der Waals surface area contributed by atoms with Gasteiger partial charge in [-0.1, -0.05) is 0 Å². The van der Waals surface area contributed by atoms with Gasteiger partial charge in [0, 0.05) is 0 Å². The lowest BCUT2D eigenvalue weighted by Crippen LogP contribution is -2.61. The molecular weight excluding hydrogens is 176 g/mol. The van der Waals surface area contributed by atoms with Crippen LogP contribution in [0.3, 0.4) is 0 Å². The van der Waals surface area contributed by atoms with Gasteiger partial charge < -0.3 is 20.2 Å². The Bertz CT molecular complexity index is 164. The van der Waals surface area contributed by atoms with Crippen LogP contribution in [-0.2, 0) is 4.74 Å². The van der Waals surface area contributed by atoms with E-state index in [-0.39, 0.29) is 0 Å². The highest BCUT2D eigenvalue weighted by Gasteiger charge is 2.54. The maximum Gasteiger partial charge on any atom is 0.316 e. The van der Waals surface area contributed by atoms with E-state index in [2.05, 4.69) is 4.74 Å². The third-order valence-electron chi connectivity index (χ3n) is 1.66. The van der Waals surface area contributed by atoms with Gasteiger partial charge in [-0.05, 0) is 0 Å². The Morgan fingerprint density at radius 3 is 2.50 bits per heavy atom. The van der Waals surface area contributed by atoms with E-state index in [0.717, 1.165) is 0 Å². The molecule has 0 aromatic carbocycles. The van der Waals surface area contributed by atoms with Crippen molar-refractivity contribution >= 4 is 0 Å². The molecule has 0 spiro atoms. The molecule has 12 heavy (non-hydrogen) atoms. The van der Waals surface area contributed by atoms with Crippen molar-refractivity contribution in [3.05, 3.63) is 0 Å². The first kappa shape index (κ1) is 9.75. The molecule has 1 rings (SSSR count). The maximum absolute atomic E-state index is 12.8. The molecule has 1 aliphatic rings. The Morgan fingerprint density at radius 2 is 2.00 bits per heavy atom. The van der Waals surface area contributed by atoms with Crippen LogP contribution in [0, 0.1) is 0 Å². The van der Waals surface area contributed by atoms with E-state index in [1.165, 1.54) is 5.48 Å². The van der Waals surface area contributed by atoms with Crippen molar-refractivity contribution < 1.29 is 28.9 Å². The first-order valence-electron chi connectivity index (χ1n) is 3.25. The number of ether oxygens (including phenoxy) is 1. The first-order chi connectivity index (χ1) is 5.50. The van der Waals surface area contributed by atoms with Crippen LogP contribution in [0.5, 0.6) is 0 Å². The van der Waals surface area contributed by atoms with Gasteiger partial charge in [-0.3, -0.25) is 0 Å². The molecule has 72 valence electrons. The van der Waals surface area contributed by atoms with Crippen molar-refractivity contribution in [1.82, 2.24) is 5.48 Å². The van der Waals surface area contributed by atoms with Crippen LogP contribution in [0.1, 0.15) is 0 Å². The molecule has 1 heterocycles. The number of alkyl halides is 2. The van der Waals surface area contributed by atoms with Gasteiger partial charge in [0.25, 0.3) is 0 Å². The fourth-order valence-corrected chi connectivity index (χ4v) is 0.932. The van der Waals surface area contributed by atoms with Gasteiger partial charge in [0.2, 0.25) is 0 Å². The zero-order valence-electron chi connectivity index (χ0n) is 5.94. The van der Waals surface area contributed by atoms with Gasteiger partial charge in [-0.15, -0.1) is 0 Å². The van der Waals surface area contributed by atoms with Crippen molar-refractivity contribution in [3.63, 3.8) is 0 Å². The molecule has 1 unspecified atom stereocenters. The van der Waals surface area contributed by atoms with E-state index in [9.17, 15) is 8.78 Å². The summed E-state index contributed by atoms with van der Waals surface area (Å²) in [7, 11) is 0. The Balaban J connectivity index is 2.73. The predicted octanol–water partition coefficient (Wildman–Crippen LogP) is -1.32. The minimum absolute atomic E-state index is 0.449. The van der Waals surface area contributed by atoms with E-state index < -0.39 is 31.0 Å². The molecule has 0 aromatic heterocycles. The predicted molar refractivity (Wildman–Crippen MR) is 31.6 cm³/mol. The molecule has 0 saturated carbocycles. The second-order valence-corrected chi connectivity index (χ2v) is 2.53. The number of nitrogens with one attached hydrogen (secondary N) is 1. The van der Waals surface area contributed by atoms with Crippen LogP contribution in [0.25, 0.3) is 0 Å². The number of aliphatic hydroxyl groups excluding tert-OH is 2. The van der Waals surface area contributed by atoms with E-state index in [0.29, 0.717) is 0 Å². The summed E-state index contributed by atoms with van der Waals surface area (Å²) < 4.78 is 29.8. The molecule has 4 N–H and O–H groups in total. The van der Waals surface area contributed by atoms with Crippen LogP contribution in [0.2, 0.25) is 0 Å². The Morgan fingerprint density at radius 1 is 1.42 bits per heavy atom. The lowest BCUT2D eigenvalue weighted by Gasteiger charge is -2.36. The molecular formula is C5H9F2NO4. The van der Waals surface area contributed by atoms with Gasteiger partial charge in [0.05, 0.1) is 6.61 Å². The Kier molecular flexibility index (Phi) is 2.59. The number of aliphatic hydroxyl groups is 2. The quantitative estimate of drug-likeness (QED) is 0.381. The third kappa shape index (κ3) is 1.41. The SMILES string of the molecule is ONC1OC[C@@H](O)[C@@H](O)C1(F)F. The summed E-state index contributed by atoms with van der Waals surface area (Å²) in [6.07, 6.45) is -5.84.